The lowest BCUT2D eigenvalue weighted by Gasteiger charge is -2.04. The van der Waals surface area contributed by atoms with E-state index in [9.17, 15) is 4.79 Å². The van der Waals surface area contributed by atoms with Crippen LogP contribution in [0.1, 0.15) is 15.9 Å². The van der Waals surface area contributed by atoms with Crippen molar-refractivity contribution < 1.29 is 9.90 Å². The van der Waals surface area contributed by atoms with E-state index in [1.165, 1.54) is 0 Å². The molecular weight excluding hydrogens is 188 g/mol. The summed E-state index contributed by atoms with van der Waals surface area (Å²) in [5.41, 5.74) is 0.622. The monoisotopic (exact) mass is 196 g/mol. The van der Waals surface area contributed by atoms with E-state index in [0.717, 1.165) is 5.39 Å². The highest BCUT2D eigenvalue weighted by Gasteiger charge is 2.12. The van der Waals surface area contributed by atoms with Crippen molar-refractivity contribution in [1.82, 2.24) is 0 Å². The van der Waals surface area contributed by atoms with Gasteiger partial charge >= 0.3 is 5.97 Å². The number of carbonyl (C=O) groups is 1. The molecular formula is C13H8O2. The Morgan fingerprint density at radius 2 is 1.93 bits per heavy atom. The second-order valence-electron chi connectivity index (χ2n) is 3.16. The molecule has 0 amide bonds. The SMILES string of the molecule is C#Cc1ccc2ccccc2c1C(=O)O. The Morgan fingerprint density at radius 3 is 2.60 bits per heavy atom. The number of hydrogen-bond acceptors (Lipinski definition) is 1. The molecule has 2 nitrogen and oxygen atoms in total. The fourth-order valence-electron chi connectivity index (χ4n) is 1.62. The van der Waals surface area contributed by atoms with E-state index in [1.54, 1.807) is 18.2 Å². The number of terminal acetylenes is 1. The molecule has 2 aromatic carbocycles. The fourth-order valence-corrected chi connectivity index (χ4v) is 1.62. The standard InChI is InChI=1S/C13H8O2/c1-2-9-7-8-10-5-3-4-6-11(10)12(9)13(14)15/h1,3-8H,(H,14,15). The lowest BCUT2D eigenvalue weighted by molar-refractivity contribution is 0.0699. The van der Waals surface area contributed by atoms with E-state index in [0.29, 0.717) is 10.9 Å². The van der Waals surface area contributed by atoms with E-state index in [1.807, 2.05) is 18.2 Å². The van der Waals surface area contributed by atoms with Crippen LogP contribution in [-0.2, 0) is 0 Å². The number of aromatic carboxylic acids is 1. The van der Waals surface area contributed by atoms with Gasteiger partial charge in [-0.3, -0.25) is 0 Å². The summed E-state index contributed by atoms with van der Waals surface area (Å²) in [6.07, 6.45) is 5.27. The predicted octanol–water partition coefficient (Wildman–Crippen LogP) is 2.52. The molecule has 1 N–H and O–H groups in total. The van der Waals surface area contributed by atoms with Gasteiger partial charge < -0.3 is 5.11 Å². The molecule has 0 aliphatic heterocycles. The summed E-state index contributed by atoms with van der Waals surface area (Å²) in [7, 11) is 0. The van der Waals surface area contributed by atoms with Crippen LogP contribution in [0, 0.1) is 12.3 Å². The van der Waals surface area contributed by atoms with E-state index >= 15 is 0 Å². The minimum atomic E-state index is -0.986. The highest BCUT2D eigenvalue weighted by Crippen LogP contribution is 2.21. The third-order valence-corrected chi connectivity index (χ3v) is 2.30. The smallest absolute Gasteiger partial charge is 0.337 e. The van der Waals surface area contributed by atoms with E-state index in [2.05, 4.69) is 5.92 Å². The van der Waals surface area contributed by atoms with Gasteiger partial charge in [0.1, 0.15) is 0 Å². The van der Waals surface area contributed by atoms with Gasteiger partial charge in [-0.2, -0.15) is 0 Å². The molecule has 2 heteroatoms. The number of hydrogen-bond donors (Lipinski definition) is 1. The van der Waals surface area contributed by atoms with Gasteiger partial charge in [0.25, 0.3) is 0 Å². The number of rotatable bonds is 1. The van der Waals surface area contributed by atoms with Crippen LogP contribution in [0.3, 0.4) is 0 Å². The number of carboxylic acids is 1. The molecule has 0 unspecified atom stereocenters. The summed E-state index contributed by atoms with van der Waals surface area (Å²) in [5, 5.41) is 10.7. The van der Waals surface area contributed by atoms with Crippen molar-refractivity contribution in [3.8, 4) is 12.3 Å². The van der Waals surface area contributed by atoms with Crippen molar-refractivity contribution >= 4 is 16.7 Å². The van der Waals surface area contributed by atoms with Gasteiger partial charge in [-0.15, -0.1) is 6.42 Å². The van der Waals surface area contributed by atoms with Crippen molar-refractivity contribution in [2.45, 2.75) is 0 Å². The predicted molar refractivity (Wildman–Crippen MR) is 58.8 cm³/mol. The number of carboxylic acid groups (broad SMARTS) is 1. The topological polar surface area (TPSA) is 37.3 Å². The molecule has 0 atom stereocenters. The van der Waals surface area contributed by atoms with Crippen LogP contribution >= 0.6 is 0 Å². The van der Waals surface area contributed by atoms with Crippen LogP contribution in [-0.4, -0.2) is 11.1 Å². The third-order valence-electron chi connectivity index (χ3n) is 2.30. The van der Waals surface area contributed by atoms with Crippen molar-refractivity contribution in [2.75, 3.05) is 0 Å². The summed E-state index contributed by atoms with van der Waals surface area (Å²) < 4.78 is 0. The molecule has 15 heavy (non-hydrogen) atoms. The Balaban J connectivity index is 2.92. The van der Waals surface area contributed by atoms with Gasteiger partial charge in [0.05, 0.1) is 5.56 Å². The van der Waals surface area contributed by atoms with Crippen LogP contribution in [0.25, 0.3) is 10.8 Å². The molecule has 0 fully saturated rings. The lowest BCUT2D eigenvalue weighted by Crippen LogP contribution is -2.01. The summed E-state index contributed by atoms with van der Waals surface area (Å²) >= 11 is 0. The van der Waals surface area contributed by atoms with Crippen molar-refractivity contribution in [3.05, 3.63) is 47.5 Å². The molecule has 2 rings (SSSR count). The first-order valence-electron chi connectivity index (χ1n) is 4.45. The average molecular weight is 196 g/mol. The zero-order valence-electron chi connectivity index (χ0n) is 7.90. The maximum Gasteiger partial charge on any atom is 0.337 e. The van der Waals surface area contributed by atoms with Gasteiger partial charge in [-0.25, -0.2) is 4.79 Å². The van der Waals surface area contributed by atoms with E-state index < -0.39 is 5.97 Å². The molecule has 72 valence electrons. The largest absolute Gasteiger partial charge is 0.478 e. The second-order valence-corrected chi connectivity index (χ2v) is 3.16. The summed E-state index contributed by atoms with van der Waals surface area (Å²) in [6, 6.07) is 10.8. The van der Waals surface area contributed by atoms with Gasteiger partial charge in [0, 0.05) is 5.56 Å². The molecule has 0 bridgehead atoms. The molecule has 2 aromatic rings. The molecule has 0 radical (unpaired) electrons. The molecule has 0 aliphatic carbocycles. The molecule has 0 aromatic heterocycles. The maximum atomic E-state index is 11.1. The van der Waals surface area contributed by atoms with Crippen LogP contribution in [0.4, 0.5) is 0 Å². The van der Waals surface area contributed by atoms with Gasteiger partial charge in [-0.05, 0) is 16.8 Å². The first-order valence-corrected chi connectivity index (χ1v) is 4.45. The van der Waals surface area contributed by atoms with Crippen LogP contribution in [0.5, 0.6) is 0 Å². The van der Waals surface area contributed by atoms with Gasteiger partial charge in [-0.1, -0.05) is 36.3 Å². The van der Waals surface area contributed by atoms with E-state index in [4.69, 9.17) is 11.5 Å². The zero-order chi connectivity index (χ0) is 10.8. The Labute approximate surface area is 87.2 Å². The number of fused-ring (bicyclic) bond motifs is 1. The summed E-state index contributed by atoms with van der Waals surface area (Å²) in [5.74, 6) is 1.40. The highest BCUT2D eigenvalue weighted by atomic mass is 16.4. The van der Waals surface area contributed by atoms with E-state index in [-0.39, 0.29) is 5.56 Å². The average Bonchev–Trinajstić information content (AvgIpc) is 2.27. The molecule has 0 saturated carbocycles. The number of benzene rings is 2. The van der Waals surface area contributed by atoms with Crippen molar-refractivity contribution in [3.63, 3.8) is 0 Å². The minimum absolute atomic E-state index is 0.204. The van der Waals surface area contributed by atoms with Crippen LogP contribution in [0.15, 0.2) is 36.4 Å². The first kappa shape index (κ1) is 9.29. The Hall–Kier alpha value is -2.27. The minimum Gasteiger partial charge on any atom is -0.478 e. The quantitative estimate of drug-likeness (QED) is 0.711. The first-order chi connectivity index (χ1) is 7.24. The van der Waals surface area contributed by atoms with Crippen LogP contribution in [0.2, 0.25) is 0 Å². The van der Waals surface area contributed by atoms with Crippen LogP contribution < -0.4 is 0 Å². The maximum absolute atomic E-state index is 11.1. The molecule has 0 spiro atoms. The summed E-state index contributed by atoms with van der Waals surface area (Å²) in [4.78, 5) is 11.1. The normalized spacial score (nSPS) is 9.80. The fraction of sp³-hybridized carbons (Fsp3) is 0. The second kappa shape index (κ2) is 3.47. The van der Waals surface area contributed by atoms with Gasteiger partial charge in [0.15, 0.2) is 0 Å². The third kappa shape index (κ3) is 1.44. The van der Waals surface area contributed by atoms with Crippen molar-refractivity contribution in [2.24, 2.45) is 0 Å². The zero-order valence-corrected chi connectivity index (χ0v) is 7.90. The lowest BCUT2D eigenvalue weighted by atomic mass is 9.99. The molecule has 0 heterocycles. The molecule has 0 aliphatic rings. The Bertz CT molecular complexity index is 577. The Kier molecular flexibility index (Phi) is 2.15. The molecule has 0 saturated heterocycles. The summed E-state index contributed by atoms with van der Waals surface area (Å²) in [6.45, 7) is 0. The highest BCUT2D eigenvalue weighted by molar-refractivity contribution is 6.05. The van der Waals surface area contributed by atoms with Crippen molar-refractivity contribution in [1.29, 1.82) is 0 Å². The van der Waals surface area contributed by atoms with Gasteiger partial charge in [0.2, 0.25) is 0 Å². The Morgan fingerprint density at radius 1 is 1.20 bits per heavy atom.